The van der Waals surface area contributed by atoms with Crippen LogP contribution in [-0.4, -0.2) is 260 Å². The number of aliphatic hydroxyl groups excluding tert-OH is 4. The highest BCUT2D eigenvalue weighted by molar-refractivity contribution is 6.00. The molecule has 2 heterocycles. The Balaban J connectivity index is 2.38. The number of fused-ring (bicyclic) bond motifs is 1. The molecule has 2 aliphatic heterocycles. The first kappa shape index (κ1) is 95.1. The largest absolute Gasteiger partial charge is 0.508 e. The number of nitrogens with one attached hydrogen (secondary N) is 8. The minimum Gasteiger partial charge on any atom is -0.508 e. The fraction of sp³-hybridized carbons (Fsp3) is 0.690. The molecule has 2 aliphatic rings. The number of phenolic OH excluding ortho intramolecular Hbond substituents is 1. The molecule has 2 saturated heterocycles. The number of carboxylic acids is 1. The smallest absolute Gasteiger partial charge is 0.329 e. The zero-order chi connectivity index (χ0) is 84.2. The maximum absolute atomic E-state index is 15.6. The number of aliphatic carboxylic acids is 1. The van der Waals surface area contributed by atoms with Crippen molar-refractivity contribution < 1.29 is 107 Å². The number of nitrogens with zero attached hydrogens (tertiary/aromatic N) is 4. The Morgan fingerprint density at radius 1 is 0.667 bits per heavy atom. The van der Waals surface area contributed by atoms with Crippen LogP contribution in [0.5, 0.6) is 5.75 Å². The third-order valence-corrected chi connectivity index (χ3v) is 19.5. The number of carbonyl (C=O) groups is 14. The van der Waals surface area contributed by atoms with Crippen molar-refractivity contribution in [1.82, 2.24) is 52.3 Å². The highest BCUT2D eigenvalue weighted by atomic mass is 16.5. The lowest BCUT2D eigenvalue weighted by molar-refractivity contribution is -0.165. The minimum absolute atomic E-state index is 0.0625. The van der Waals surface area contributed by atoms with Crippen molar-refractivity contribution in [2.45, 2.75) is 243 Å². The summed E-state index contributed by atoms with van der Waals surface area (Å²) >= 11 is 0. The fourth-order valence-electron chi connectivity index (χ4n) is 13.0. The lowest BCUT2D eigenvalue weighted by atomic mass is 9.87. The summed E-state index contributed by atoms with van der Waals surface area (Å²) in [6, 6.07) is -13.3. The van der Waals surface area contributed by atoms with Gasteiger partial charge < -0.3 is 127 Å². The van der Waals surface area contributed by atoms with Crippen molar-refractivity contribution in [1.29, 1.82) is 0 Å². The molecule has 26 N–H and O–H groups in total. The highest BCUT2D eigenvalue weighted by Crippen LogP contribution is 2.30. The Kier molecular flexibility index (Phi) is 38.8. The van der Waals surface area contributed by atoms with E-state index in [0.29, 0.717) is 6.42 Å². The second kappa shape index (κ2) is 45.3. The molecule has 2 fully saturated rings. The van der Waals surface area contributed by atoms with Crippen molar-refractivity contribution >= 4 is 94.7 Å². The molecule has 624 valence electrons. The predicted molar refractivity (Wildman–Crippen MR) is 400 cm³/mol. The number of hydrogen-bond donors (Lipinski definition) is 20. The predicted octanol–water partition coefficient (Wildman–Crippen LogP) is -5.46. The number of rotatable bonds is 36. The van der Waals surface area contributed by atoms with Crippen molar-refractivity contribution in [3.05, 3.63) is 29.8 Å². The van der Waals surface area contributed by atoms with Crippen LogP contribution < -0.4 is 76.9 Å². The Hall–Kier alpha value is -10.1. The molecule has 4 unspecified atom stereocenters. The molecule has 0 aliphatic carbocycles. The van der Waals surface area contributed by atoms with Crippen LogP contribution in [-0.2, 0) is 76.6 Å². The summed E-state index contributed by atoms with van der Waals surface area (Å²) in [5.41, 5.74) is 33.6. The van der Waals surface area contributed by atoms with Crippen LogP contribution in [0.25, 0.3) is 0 Å². The van der Waals surface area contributed by atoms with E-state index in [2.05, 4.69) is 52.5 Å². The average Bonchev–Trinajstić information content (AvgIpc) is 0.786. The number of guanidine groups is 2. The van der Waals surface area contributed by atoms with E-state index in [1.165, 1.54) is 52.1 Å². The molecule has 0 spiro atoms. The van der Waals surface area contributed by atoms with Crippen LogP contribution in [0.3, 0.4) is 0 Å². The zero-order valence-electron chi connectivity index (χ0n) is 65.1. The molecular weight excluding hydrogens is 1460 g/mol. The monoisotopic (exact) mass is 1570 g/mol. The maximum Gasteiger partial charge on any atom is 0.329 e. The SMILES string of the molecule is CO[C@H](c1ccc(O)cc1)[C@H]1NC(=O)[C@H](CCC(=O)O)N(C)C(=O)[C@H](CC(C)C)NC(=O)[C@@H](CCCN=C(N)N)NC(=O)[C@@H]([C@@H](C)O)NC(=O)C(NC(=O)C(NC(=O)[C@H](O)[C@H](O)[C@H](CCCN=C(N)N)NC(=O)[C@H](CC(N)=O)NC(=O)[C@H](C)[C@H](O)[C@H](C)CC(C)C)C(C)C(C)C(N)=O)[C@@H](C)OC(=O)[C@@H]2CCCCN2C1=O. The van der Waals surface area contributed by atoms with E-state index in [9.17, 15) is 73.8 Å². The third kappa shape index (κ3) is 29.6. The van der Waals surface area contributed by atoms with Gasteiger partial charge >= 0.3 is 11.9 Å². The number of likely N-dealkylation sites (N-methyl/N-ethyl adjacent to an activating group) is 1. The minimum atomic E-state index is -2.67. The molecule has 0 radical (unpaired) electrons. The van der Waals surface area contributed by atoms with Crippen molar-refractivity contribution in [3.63, 3.8) is 0 Å². The summed E-state index contributed by atoms with van der Waals surface area (Å²) in [7, 11) is 2.34. The van der Waals surface area contributed by atoms with Crippen LogP contribution in [0.15, 0.2) is 34.3 Å². The second-order valence-corrected chi connectivity index (χ2v) is 29.4. The molecule has 0 saturated carbocycles. The topological polar surface area (TPSA) is 662 Å². The molecular formula is C71H118N18O22. The number of aliphatic imine (C=N–C) groups is 2. The van der Waals surface area contributed by atoms with Gasteiger partial charge in [0, 0.05) is 46.1 Å². The van der Waals surface area contributed by atoms with Crippen LogP contribution in [0.4, 0.5) is 0 Å². The molecule has 40 nitrogen and oxygen atoms in total. The van der Waals surface area contributed by atoms with Crippen LogP contribution in [0.2, 0.25) is 0 Å². The van der Waals surface area contributed by atoms with Gasteiger partial charge in [-0.25, -0.2) is 4.79 Å². The summed E-state index contributed by atoms with van der Waals surface area (Å²) in [5, 5.41) is 86.0. The normalized spacial score (nSPS) is 23.2. The zero-order valence-corrected chi connectivity index (χ0v) is 65.1. The number of primary amides is 2. The van der Waals surface area contributed by atoms with Crippen LogP contribution in [0, 0.1) is 35.5 Å². The first-order chi connectivity index (χ1) is 51.8. The summed E-state index contributed by atoms with van der Waals surface area (Å²) in [5.74, 6) is -22.5. The Morgan fingerprint density at radius 2 is 1.26 bits per heavy atom. The molecule has 0 bridgehead atoms. The van der Waals surface area contributed by atoms with Gasteiger partial charge in [0.15, 0.2) is 18.0 Å². The highest BCUT2D eigenvalue weighted by Gasteiger charge is 2.47. The molecule has 40 heteroatoms. The summed E-state index contributed by atoms with van der Waals surface area (Å²) in [4.78, 5) is 210. The van der Waals surface area contributed by atoms with Gasteiger partial charge in [-0.05, 0) is 119 Å². The van der Waals surface area contributed by atoms with E-state index < -0.39 is 229 Å². The average molecular weight is 1580 g/mol. The number of piperidine rings is 1. The third-order valence-electron chi connectivity index (χ3n) is 19.5. The quantitative estimate of drug-likeness (QED) is 0.0129. The molecule has 111 heavy (non-hydrogen) atoms. The number of phenols is 1. The van der Waals surface area contributed by atoms with Gasteiger partial charge in [0.1, 0.15) is 78.4 Å². The first-order valence-electron chi connectivity index (χ1n) is 37.0. The van der Waals surface area contributed by atoms with Crippen LogP contribution >= 0.6 is 0 Å². The number of carboxylic acid groups (broad SMARTS) is 1. The van der Waals surface area contributed by atoms with Gasteiger partial charge in [-0.2, -0.15) is 0 Å². The first-order valence-corrected chi connectivity index (χ1v) is 37.0. The Morgan fingerprint density at radius 3 is 1.81 bits per heavy atom. The number of aromatic hydroxyl groups is 1. The Labute approximate surface area is 644 Å². The second-order valence-electron chi connectivity index (χ2n) is 29.4. The van der Waals surface area contributed by atoms with Gasteiger partial charge in [-0.15, -0.1) is 0 Å². The van der Waals surface area contributed by atoms with Crippen LogP contribution in [0.1, 0.15) is 158 Å². The van der Waals surface area contributed by atoms with Gasteiger partial charge in [0.25, 0.3) is 5.91 Å². The lowest BCUT2D eigenvalue weighted by Gasteiger charge is -2.39. The number of hydrogen-bond acceptors (Lipinski definition) is 23. The van der Waals surface area contributed by atoms with Gasteiger partial charge in [-0.3, -0.25) is 72.3 Å². The van der Waals surface area contributed by atoms with Gasteiger partial charge in [0.2, 0.25) is 65.0 Å². The van der Waals surface area contributed by atoms with Crippen molar-refractivity contribution in [2.24, 2.45) is 79.9 Å². The van der Waals surface area contributed by atoms with E-state index in [1.807, 2.05) is 13.8 Å². The van der Waals surface area contributed by atoms with E-state index in [4.69, 9.17) is 43.9 Å². The van der Waals surface area contributed by atoms with E-state index >= 15 is 24.0 Å². The number of amides is 12. The fourth-order valence-corrected chi connectivity index (χ4v) is 13.0. The standard InChI is InChI=1S/C71H118N18O22/c1-32(2)29-34(5)54(95)37(8)59(99)82-44(31-48(72)92)61(101)80-42(17-15-26-78-70(74)75)55(96)56(97)66(106)84-50(35(6)36(7)58(73)98)63(103)86-52-39(10)111-69(109)47-19-13-14-28-89(47)68(108)53(57(110-12)40-20-22-41(91)23-21-40)87-62(102)46(24-25-49(93)94)88(11)67(107)45(30-33(3)4)83-60(100)43(18-16-27-79-71(76)77)81-64(104)51(38(9)90)85-65(52)105/h20-23,32-39,42-47,50-57,90-91,95-97H,13-19,24-31H2,1-12H3,(H2,72,92)(H2,73,98)(H,80,101)(H,81,104)(H,82,99)(H,83,100)(H,84,106)(H,85,105)(H,86,103)(H,87,102)(H,93,94)(H4,74,75,78)(H4,76,77,79)/t34-,35?,36?,37-,38-,39-,42+,43-,44+,45+,46+,47+,50?,51-,52?,53-,54-,55-,56-,57-/m1/s1. The summed E-state index contributed by atoms with van der Waals surface area (Å²) < 4.78 is 11.9. The van der Waals surface area contributed by atoms with Crippen molar-refractivity contribution in [2.75, 3.05) is 33.8 Å². The van der Waals surface area contributed by atoms with E-state index in [1.54, 1.807) is 20.8 Å². The van der Waals surface area contributed by atoms with Crippen molar-refractivity contribution in [3.8, 4) is 5.75 Å². The number of benzene rings is 1. The number of esters is 1. The summed E-state index contributed by atoms with van der Waals surface area (Å²) in [6.07, 6.45) is -14.0. The van der Waals surface area contributed by atoms with Gasteiger partial charge in [-0.1, -0.05) is 67.5 Å². The van der Waals surface area contributed by atoms with E-state index in [0.717, 1.165) is 30.7 Å². The van der Waals surface area contributed by atoms with Gasteiger partial charge in [0.05, 0.1) is 30.6 Å². The summed E-state index contributed by atoms with van der Waals surface area (Å²) in [6.45, 7) is 14.3. The number of carbonyl (C=O) groups excluding carboxylic acids is 13. The number of methoxy groups -OCH3 is 1. The Bertz CT molecular complexity index is 3430. The molecule has 12 amide bonds. The molecule has 1 aromatic rings. The number of ether oxygens (including phenoxy) is 2. The molecule has 20 atom stereocenters. The molecule has 3 rings (SSSR count). The number of nitrogens with two attached hydrogens (primary N) is 6. The molecule has 0 aromatic heterocycles. The number of cyclic esters (lactones) is 1. The lowest BCUT2D eigenvalue weighted by Crippen LogP contribution is -2.65. The molecule has 1 aromatic carbocycles. The van der Waals surface area contributed by atoms with E-state index in [-0.39, 0.29) is 100 Å². The maximum atomic E-state index is 15.6. The number of aliphatic hydroxyl groups is 4.